The van der Waals surface area contributed by atoms with Gasteiger partial charge in [-0.05, 0) is 19.9 Å². The van der Waals surface area contributed by atoms with E-state index in [2.05, 4.69) is 31.0 Å². The van der Waals surface area contributed by atoms with Crippen LogP contribution < -0.4 is 5.32 Å². The number of hydrogen-bond acceptors (Lipinski definition) is 3. The molecule has 6 heteroatoms. The second-order valence-corrected chi connectivity index (χ2v) is 5.67. The lowest BCUT2D eigenvalue weighted by molar-refractivity contribution is -0.149. The highest BCUT2D eigenvalue weighted by Crippen LogP contribution is 2.18. The molecule has 0 aromatic heterocycles. The largest absolute Gasteiger partial charge is 0.401 e. The summed E-state index contributed by atoms with van der Waals surface area (Å²) in [5, 5.41) is 3.37. The third kappa shape index (κ3) is 7.13. The van der Waals surface area contributed by atoms with Gasteiger partial charge in [0.2, 0.25) is 0 Å². The van der Waals surface area contributed by atoms with Crippen molar-refractivity contribution in [2.75, 3.05) is 39.3 Å². The van der Waals surface area contributed by atoms with Crippen LogP contribution in [0.1, 0.15) is 27.2 Å². The predicted molar refractivity (Wildman–Crippen MR) is 71.3 cm³/mol. The van der Waals surface area contributed by atoms with Gasteiger partial charge in [0.15, 0.2) is 0 Å². The molecule has 3 nitrogen and oxygen atoms in total. The van der Waals surface area contributed by atoms with Crippen molar-refractivity contribution < 1.29 is 13.2 Å². The topological polar surface area (TPSA) is 18.5 Å². The first-order valence-electron chi connectivity index (χ1n) is 7.04. The lowest BCUT2D eigenvalue weighted by Gasteiger charge is -2.38. The summed E-state index contributed by atoms with van der Waals surface area (Å²) in [6.07, 6.45) is -3.04. The lowest BCUT2D eigenvalue weighted by Crippen LogP contribution is -2.52. The molecule has 1 heterocycles. The molecule has 1 fully saturated rings. The molecule has 0 spiro atoms. The van der Waals surface area contributed by atoms with Crippen LogP contribution in [0.3, 0.4) is 0 Å². The summed E-state index contributed by atoms with van der Waals surface area (Å²) in [5.74, 6) is 0. The molecular weight excluding hydrogens is 255 g/mol. The molecular formula is C13H26F3N3. The fraction of sp³-hybridized carbons (Fsp3) is 1.00. The lowest BCUT2D eigenvalue weighted by atomic mass is 10.1. The van der Waals surface area contributed by atoms with Crippen LogP contribution in [0.15, 0.2) is 0 Å². The Hall–Kier alpha value is -0.330. The molecule has 0 aromatic rings. The van der Waals surface area contributed by atoms with Crippen LogP contribution in [0.2, 0.25) is 0 Å². The predicted octanol–water partition coefficient (Wildman–Crippen LogP) is 1.94. The van der Waals surface area contributed by atoms with Gasteiger partial charge in [-0.1, -0.05) is 13.8 Å². The van der Waals surface area contributed by atoms with Gasteiger partial charge in [0, 0.05) is 38.3 Å². The fourth-order valence-electron chi connectivity index (χ4n) is 2.38. The highest BCUT2D eigenvalue weighted by atomic mass is 19.4. The number of rotatable bonds is 6. The Morgan fingerprint density at radius 3 is 2.11 bits per heavy atom. The monoisotopic (exact) mass is 281 g/mol. The van der Waals surface area contributed by atoms with E-state index in [1.165, 1.54) is 4.90 Å². The van der Waals surface area contributed by atoms with Gasteiger partial charge in [-0.2, -0.15) is 13.2 Å². The van der Waals surface area contributed by atoms with Gasteiger partial charge in [0.1, 0.15) is 0 Å². The molecule has 1 atom stereocenters. The summed E-state index contributed by atoms with van der Waals surface area (Å²) in [6, 6.07) is 0.912. The smallest absolute Gasteiger partial charge is 0.314 e. The molecule has 1 rings (SSSR count). The average molecular weight is 281 g/mol. The number of hydrogen-bond donors (Lipinski definition) is 1. The zero-order valence-electron chi connectivity index (χ0n) is 12.1. The van der Waals surface area contributed by atoms with Gasteiger partial charge in [-0.3, -0.25) is 9.80 Å². The number of nitrogens with zero attached hydrogens (tertiary/aromatic N) is 2. The first-order valence-corrected chi connectivity index (χ1v) is 7.04. The van der Waals surface area contributed by atoms with E-state index in [-0.39, 0.29) is 0 Å². The first kappa shape index (κ1) is 16.7. The van der Waals surface area contributed by atoms with Crippen LogP contribution in [0.4, 0.5) is 13.2 Å². The molecule has 0 aliphatic carbocycles. The average Bonchev–Trinajstić information content (AvgIpc) is 2.27. The van der Waals surface area contributed by atoms with Crippen LogP contribution in [-0.2, 0) is 0 Å². The van der Waals surface area contributed by atoms with E-state index in [1.54, 1.807) is 0 Å². The third-order valence-electron chi connectivity index (χ3n) is 3.55. The Morgan fingerprint density at radius 1 is 1.05 bits per heavy atom. The van der Waals surface area contributed by atoms with E-state index in [1.807, 2.05) is 0 Å². The highest BCUT2D eigenvalue weighted by molar-refractivity contribution is 4.78. The minimum absolute atomic E-state index is 0.430. The first-order chi connectivity index (χ1) is 8.78. The molecule has 0 saturated carbocycles. The summed E-state index contributed by atoms with van der Waals surface area (Å²) in [5.41, 5.74) is 0. The molecule has 0 bridgehead atoms. The Balaban J connectivity index is 2.21. The highest BCUT2D eigenvalue weighted by Gasteiger charge is 2.32. The molecule has 0 amide bonds. The Kier molecular flexibility index (Phi) is 6.56. The van der Waals surface area contributed by atoms with E-state index in [0.717, 1.165) is 26.1 Å². The molecule has 1 unspecified atom stereocenters. The van der Waals surface area contributed by atoms with Crippen LogP contribution in [0, 0.1) is 0 Å². The van der Waals surface area contributed by atoms with Crippen molar-refractivity contribution in [3.63, 3.8) is 0 Å². The maximum Gasteiger partial charge on any atom is 0.401 e. The SMILES string of the molecule is CC(C)NCCC(C)N1CCN(CC(F)(F)F)CC1. The molecule has 0 radical (unpaired) electrons. The van der Waals surface area contributed by atoms with E-state index < -0.39 is 12.7 Å². The summed E-state index contributed by atoms with van der Waals surface area (Å²) < 4.78 is 36.8. The zero-order chi connectivity index (χ0) is 14.5. The number of halogens is 3. The van der Waals surface area contributed by atoms with Crippen LogP contribution in [-0.4, -0.2) is 67.3 Å². The van der Waals surface area contributed by atoms with Gasteiger partial charge >= 0.3 is 6.18 Å². The van der Waals surface area contributed by atoms with E-state index in [0.29, 0.717) is 25.2 Å². The van der Waals surface area contributed by atoms with Crippen molar-refractivity contribution in [3.8, 4) is 0 Å². The maximum atomic E-state index is 12.3. The Bertz CT molecular complexity index is 248. The maximum absolute atomic E-state index is 12.3. The number of alkyl halides is 3. The molecule has 1 aliphatic rings. The van der Waals surface area contributed by atoms with Crippen molar-refractivity contribution in [2.45, 2.75) is 45.5 Å². The molecule has 0 aromatic carbocycles. The Morgan fingerprint density at radius 2 is 1.63 bits per heavy atom. The van der Waals surface area contributed by atoms with Crippen molar-refractivity contribution in [1.82, 2.24) is 15.1 Å². The minimum atomic E-state index is -4.07. The fourth-order valence-corrected chi connectivity index (χ4v) is 2.38. The molecule has 1 N–H and O–H groups in total. The van der Waals surface area contributed by atoms with Crippen molar-refractivity contribution in [2.24, 2.45) is 0 Å². The van der Waals surface area contributed by atoms with Crippen molar-refractivity contribution in [3.05, 3.63) is 0 Å². The van der Waals surface area contributed by atoms with Crippen molar-refractivity contribution >= 4 is 0 Å². The second kappa shape index (κ2) is 7.45. The van der Waals surface area contributed by atoms with Gasteiger partial charge in [-0.15, -0.1) is 0 Å². The van der Waals surface area contributed by atoms with Crippen molar-refractivity contribution in [1.29, 1.82) is 0 Å². The normalized spacial score (nSPS) is 21.0. The van der Waals surface area contributed by atoms with Gasteiger partial charge in [-0.25, -0.2) is 0 Å². The van der Waals surface area contributed by atoms with E-state index >= 15 is 0 Å². The summed E-state index contributed by atoms with van der Waals surface area (Å²) in [7, 11) is 0. The van der Waals surface area contributed by atoms with E-state index in [9.17, 15) is 13.2 Å². The quantitative estimate of drug-likeness (QED) is 0.803. The van der Waals surface area contributed by atoms with Gasteiger partial charge in [0.25, 0.3) is 0 Å². The molecule has 114 valence electrons. The summed E-state index contributed by atoms with van der Waals surface area (Å²) in [6.45, 7) is 9.06. The molecule has 1 saturated heterocycles. The van der Waals surface area contributed by atoms with Crippen LogP contribution in [0.5, 0.6) is 0 Å². The molecule has 19 heavy (non-hydrogen) atoms. The van der Waals surface area contributed by atoms with Crippen LogP contribution in [0.25, 0.3) is 0 Å². The summed E-state index contributed by atoms with van der Waals surface area (Å²) >= 11 is 0. The molecule has 1 aliphatic heterocycles. The standard InChI is InChI=1S/C13H26F3N3/c1-11(2)17-5-4-12(3)19-8-6-18(7-9-19)10-13(14,15)16/h11-12,17H,4-10H2,1-3H3. The van der Waals surface area contributed by atoms with Gasteiger partial charge < -0.3 is 5.32 Å². The third-order valence-corrected chi connectivity index (χ3v) is 3.55. The number of nitrogens with one attached hydrogen (secondary N) is 1. The minimum Gasteiger partial charge on any atom is -0.314 e. The second-order valence-electron chi connectivity index (χ2n) is 5.67. The zero-order valence-corrected chi connectivity index (χ0v) is 12.1. The summed E-state index contributed by atoms with van der Waals surface area (Å²) in [4.78, 5) is 3.78. The van der Waals surface area contributed by atoms with E-state index in [4.69, 9.17) is 0 Å². The van der Waals surface area contributed by atoms with Gasteiger partial charge in [0.05, 0.1) is 6.54 Å². The number of piperazine rings is 1. The Labute approximate surface area is 114 Å². The van der Waals surface area contributed by atoms with Crippen LogP contribution >= 0.6 is 0 Å².